The van der Waals surface area contributed by atoms with Crippen LogP contribution in [0.15, 0.2) is 18.2 Å². The minimum absolute atomic E-state index is 0.0802. The van der Waals surface area contributed by atoms with Crippen LogP contribution >= 0.6 is 0 Å². The molecule has 2 N–H and O–H groups in total. The van der Waals surface area contributed by atoms with E-state index in [1.807, 2.05) is 0 Å². The normalized spacial score (nSPS) is 19.4. The summed E-state index contributed by atoms with van der Waals surface area (Å²) in [5.74, 6) is 0. The summed E-state index contributed by atoms with van der Waals surface area (Å²) >= 11 is 0. The maximum Gasteiger partial charge on any atom is 0.0195 e. The number of nitrogens with two attached hydrogens (primary N) is 1. The van der Waals surface area contributed by atoms with Gasteiger partial charge in [0.25, 0.3) is 0 Å². The fraction of sp³-hybridized carbons (Fsp3) is 0.571. The number of hydrogen-bond donors (Lipinski definition) is 1. The average molecular weight is 203 g/mol. The van der Waals surface area contributed by atoms with Crippen molar-refractivity contribution in [2.45, 2.75) is 51.5 Å². The SMILES string of the molecule is Cc1cccc(C)c1CC1(N)CCCC1. The summed E-state index contributed by atoms with van der Waals surface area (Å²) in [5.41, 5.74) is 10.8. The Morgan fingerprint density at radius 3 is 2.20 bits per heavy atom. The number of hydrogen-bond acceptors (Lipinski definition) is 1. The molecule has 1 nitrogen and oxygen atoms in total. The van der Waals surface area contributed by atoms with Gasteiger partial charge < -0.3 is 5.73 Å². The van der Waals surface area contributed by atoms with Crippen molar-refractivity contribution < 1.29 is 0 Å². The first-order valence-electron chi connectivity index (χ1n) is 5.95. The lowest BCUT2D eigenvalue weighted by molar-refractivity contribution is 0.435. The van der Waals surface area contributed by atoms with Crippen molar-refractivity contribution in [2.75, 3.05) is 0 Å². The molecule has 1 aromatic rings. The summed E-state index contributed by atoms with van der Waals surface area (Å²) in [6.07, 6.45) is 6.07. The van der Waals surface area contributed by atoms with Gasteiger partial charge in [-0.15, -0.1) is 0 Å². The van der Waals surface area contributed by atoms with Gasteiger partial charge in [-0.2, -0.15) is 0 Å². The molecule has 82 valence electrons. The van der Waals surface area contributed by atoms with Crippen LogP contribution in [0.5, 0.6) is 0 Å². The molecule has 1 aliphatic rings. The molecular formula is C14H21N. The van der Waals surface area contributed by atoms with E-state index in [1.165, 1.54) is 42.4 Å². The van der Waals surface area contributed by atoms with E-state index in [1.54, 1.807) is 0 Å². The van der Waals surface area contributed by atoms with Crippen molar-refractivity contribution in [3.63, 3.8) is 0 Å². The minimum Gasteiger partial charge on any atom is -0.325 e. The van der Waals surface area contributed by atoms with Crippen LogP contribution in [0, 0.1) is 13.8 Å². The molecule has 0 radical (unpaired) electrons. The van der Waals surface area contributed by atoms with Crippen molar-refractivity contribution in [3.8, 4) is 0 Å². The molecule has 1 fully saturated rings. The largest absolute Gasteiger partial charge is 0.325 e. The Balaban J connectivity index is 2.23. The molecule has 0 aliphatic heterocycles. The van der Waals surface area contributed by atoms with Gasteiger partial charge >= 0.3 is 0 Å². The zero-order chi connectivity index (χ0) is 10.9. The first-order chi connectivity index (χ1) is 7.11. The first kappa shape index (κ1) is 10.7. The van der Waals surface area contributed by atoms with Crippen LogP contribution in [0.4, 0.5) is 0 Å². The molecule has 1 aliphatic carbocycles. The third kappa shape index (κ3) is 2.23. The van der Waals surface area contributed by atoms with Crippen molar-refractivity contribution in [1.29, 1.82) is 0 Å². The Morgan fingerprint density at radius 2 is 1.67 bits per heavy atom. The fourth-order valence-corrected chi connectivity index (χ4v) is 2.74. The molecule has 0 heterocycles. The van der Waals surface area contributed by atoms with Crippen molar-refractivity contribution in [1.82, 2.24) is 0 Å². The summed E-state index contributed by atoms with van der Waals surface area (Å²) in [6, 6.07) is 6.52. The van der Waals surface area contributed by atoms with Gasteiger partial charge in [-0.1, -0.05) is 31.0 Å². The zero-order valence-corrected chi connectivity index (χ0v) is 9.84. The monoisotopic (exact) mass is 203 g/mol. The van der Waals surface area contributed by atoms with E-state index in [0.717, 1.165) is 6.42 Å². The van der Waals surface area contributed by atoms with Crippen LogP contribution < -0.4 is 5.73 Å². The Hall–Kier alpha value is -0.820. The molecule has 15 heavy (non-hydrogen) atoms. The van der Waals surface area contributed by atoms with Crippen LogP contribution in [0.25, 0.3) is 0 Å². The zero-order valence-electron chi connectivity index (χ0n) is 9.84. The van der Waals surface area contributed by atoms with Crippen LogP contribution in [0.3, 0.4) is 0 Å². The van der Waals surface area contributed by atoms with Gasteiger partial charge in [-0.25, -0.2) is 0 Å². The molecule has 1 aromatic carbocycles. The summed E-state index contributed by atoms with van der Waals surface area (Å²) in [5, 5.41) is 0. The van der Waals surface area contributed by atoms with Crippen LogP contribution in [0.2, 0.25) is 0 Å². The van der Waals surface area contributed by atoms with E-state index in [4.69, 9.17) is 5.73 Å². The van der Waals surface area contributed by atoms with E-state index in [9.17, 15) is 0 Å². The lowest BCUT2D eigenvalue weighted by Gasteiger charge is -2.25. The second-order valence-corrected chi connectivity index (χ2v) is 5.12. The van der Waals surface area contributed by atoms with Gasteiger partial charge in [0.1, 0.15) is 0 Å². The highest BCUT2D eigenvalue weighted by atomic mass is 14.7. The summed E-state index contributed by atoms with van der Waals surface area (Å²) in [6.45, 7) is 4.39. The quantitative estimate of drug-likeness (QED) is 0.785. The Bertz CT molecular complexity index is 328. The van der Waals surface area contributed by atoms with Crippen LogP contribution in [0.1, 0.15) is 42.4 Å². The van der Waals surface area contributed by atoms with Crippen LogP contribution in [-0.2, 0) is 6.42 Å². The van der Waals surface area contributed by atoms with Crippen molar-refractivity contribution in [3.05, 3.63) is 34.9 Å². The lowest BCUT2D eigenvalue weighted by Crippen LogP contribution is -2.39. The van der Waals surface area contributed by atoms with Crippen LogP contribution in [-0.4, -0.2) is 5.54 Å². The summed E-state index contributed by atoms with van der Waals surface area (Å²) < 4.78 is 0. The van der Waals surface area contributed by atoms with E-state index >= 15 is 0 Å². The number of aryl methyl sites for hydroxylation is 2. The molecular weight excluding hydrogens is 182 g/mol. The summed E-state index contributed by atoms with van der Waals surface area (Å²) in [4.78, 5) is 0. The third-order valence-corrected chi connectivity index (χ3v) is 3.77. The molecule has 0 amide bonds. The molecule has 1 heteroatoms. The van der Waals surface area contributed by atoms with E-state index in [0.29, 0.717) is 0 Å². The predicted octanol–water partition coefficient (Wildman–Crippen LogP) is 3.12. The Labute approximate surface area is 92.7 Å². The van der Waals surface area contributed by atoms with Gasteiger partial charge in [-0.05, 0) is 49.8 Å². The van der Waals surface area contributed by atoms with E-state index in [-0.39, 0.29) is 5.54 Å². The maximum atomic E-state index is 6.43. The van der Waals surface area contributed by atoms with Crippen molar-refractivity contribution in [2.24, 2.45) is 5.73 Å². The van der Waals surface area contributed by atoms with Gasteiger partial charge in [0.2, 0.25) is 0 Å². The number of rotatable bonds is 2. The lowest BCUT2D eigenvalue weighted by atomic mass is 9.86. The first-order valence-corrected chi connectivity index (χ1v) is 5.95. The Kier molecular flexibility index (Phi) is 2.83. The van der Waals surface area contributed by atoms with E-state index < -0.39 is 0 Å². The highest BCUT2D eigenvalue weighted by Crippen LogP contribution is 2.32. The Morgan fingerprint density at radius 1 is 1.13 bits per heavy atom. The van der Waals surface area contributed by atoms with Crippen molar-refractivity contribution >= 4 is 0 Å². The molecule has 0 bridgehead atoms. The molecule has 0 unspecified atom stereocenters. The topological polar surface area (TPSA) is 26.0 Å². The predicted molar refractivity (Wildman–Crippen MR) is 65.0 cm³/mol. The molecule has 0 saturated heterocycles. The second kappa shape index (κ2) is 3.97. The van der Waals surface area contributed by atoms with Gasteiger partial charge in [0, 0.05) is 5.54 Å². The molecule has 0 spiro atoms. The molecule has 0 atom stereocenters. The standard InChI is InChI=1S/C14H21N/c1-11-6-5-7-12(2)13(11)10-14(15)8-3-4-9-14/h5-7H,3-4,8-10,15H2,1-2H3. The number of benzene rings is 1. The molecule has 0 aromatic heterocycles. The maximum absolute atomic E-state index is 6.43. The molecule has 2 rings (SSSR count). The minimum atomic E-state index is 0.0802. The van der Waals surface area contributed by atoms with Gasteiger partial charge in [0.05, 0.1) is 0 Å². The smallest absolute Gasteiger partial charge is 0.0195 e. The molecule has 1 saturated carbocycles. The van der Waals surface area contributed by atoms with Gasteiger partial charge in [0.15, 0.2) is 0 Å². The third-order valence-electron chi connectivity index (χ3n) is 3.77. The fourth-order valence-electron chi connectivity index (χ4n) is 2.74. The summed E-state index contributed by atoms with van der Waals surface area (Å²) in [7, 11) is 0. The second-order valence-electron chi connectivity index (χ2n) is 5.12. The average Bonchev–Trinajstić information content (AvgIpc) is 2.60. The highest BCUT2D eigenvalue weighted by molar-refractivity contribution is 5.35. The van der Waals surface area contributed by atoms with Gasteiger partial charge in [-0.3, -0.25) is 0 Å². The highest BCUT2D eigenvalue weighted by Gasteiger charge is 2.30. The van der Waals surface area contributed by atoms with E-state index in [2.05, 4.69) is 32.0 Å².